The van der Waals surface area contributed by atoms with Crippen LogP contribution in [0.2, 0.25) is 10.0 Å². The van der Waals surface area contributed by atoms with Crippen molar-refractivity contribution in [3.05, 3.63) is 46.0 Å². The summed E-state index contributed by atoms with van der Waals surface area (Å²) < 4.78 is 0. The number of halogens is 2. The van der Waals surface area contributed by atoms with Gasteiger partial charge in [-0.05, 0) is 30.8 Å². The highest BCUT2D eigenvalue weighted by Crippen LogP contribution is 2.19. The van der Waals surface area contributed by atoms with Crippen molar-refractivity contribution in [2.75, 3.05) is 13.6 Å². The first-order valence-electron chi connectivity index (χ1n) is 5.00. The molecular weight excluding hydrogens is 261 g/mol. The zero-order chi connectivity index (χ0) is 12.8. The largest absolute Gasteiger partial charge is 0.478 e. The van der Waals surface area contributed by atoms with Crippen LogP contribution in [-0.2, 0) is 11.3 Å². The van der Waals surface area contributed by atoms with Gasteiger partial charge in [-0.1, -0.05) is 29.3 Å². The van der Waals surface area contributed by atoms with Gasteiger partial charge in [0.1, 0.15) is 0 Å². The fraction of sp³-hybridized carbons (Fsp3) is 0.250. The Balaban J connectivity index is 2.55. The molecule has 0 amide bonds. The average molecular weight is 274 g/mol. The van der Waals surface area contributed by atoms with Crippen LogP contribution in [0.1, 0.15) is 5.56 Å². The van der Waals surface area contributed by atoms with Crippen molar-refractivity contribution in [1.82, 2.24) is 4.90 Å². The van der Waals surface area contributed by atoms with Gasteiger partial charge < -0.3 is 5.11 Å². The first kappa shape index (κ1) is 14.0. The van der Waals surface area contributed by atoms with Gasteiger partial charge in [0.25, 0.3) is 0 Å². The van der Waals surface area contributed by atoms with Gasteiger partial charge in [0, 0.05) is 29.2 Å². The Hall–Kier alpha value is -1.03. The molecule has 0 aromatic heterocycles. The van der Waals surface area contributed by atoms with E-state index in [1.807, 2.05) is 24.1 Å². The van der Waals surface area contributed by atoms with Gasteiger partial charge in [-0.15, -0.1) is 0 Å². The molecule has 0 bridgehead atoms. The number of carbonyl (C=O) groups is 1. The van der Waals surface area contributed by atoms with Gasteiger partial charge in [-0.3, -0.25) is 4.90 Å². The second kappa shape index (κ2) is 6.64. The molecule has 1 N–H and O–H groups in total. The highest BCUT2D eigenvalue weighted by Gasteiger charge is 2.01. The van der Waals surface area contributed by atoms with Crippen LogP contribution in [-0.4, -0.2) is 29.6 Å². The standard InChI is InChI=1S/C12H13Cl2NO2/c1-15(4-2-3-12(16)17)8-9-5-10(13)7-11(14)6-9/h2-3,5-7H,4,8H2,1H3,(H,16,17). The summed E-state index contributed by atoms with van der Waals surface area (Å²) in [4.78, 5) is 12.2. The van der Waals surface area contributed by atoms with Crippen molar-refractivity contribution in [3.8, 4) is 0 Å². The van der Waals surface area contributed by atoms with Crippen molar-refractivity contribution in [2.45, 2.75) is 6.54 Å². The molecule has 1 aromatic rings. The number of hydrogen-bond acceptors (Lipinski definition) is 2. The van der Waals surface area contributed by atoms with Gasteiger partial charge in [0.2, 0.25) is 0 Å². The summed E-state index contributed by atoms with van der Waals surface area (Å²) in [5, 5.41) is 9.65. The lowest BCUT2D eigenvalue weighted by Gasteiger charge is -2.14. The minimum atomic E-state index is -0.941. The zero-order valence-electron chi connectivity index (χ0n) is 9.36. The van der Waals surface area contributed by atoms with Crippen molar-refractivity contribution >= 4 is 29.2 Å². The molecule has 0 aliphatic rings. The molecule has 0 aliphatic heterocycles. The Morgan fingerprint density at radius 2 is 1.94 bits per heavy atom. The third kappa shape index (κ3) is 5.73. The number of likely N-dealkylation sites (N-methyl/N-ethyl adjacent to an activating group) is 1. The molecule has 0 aliphatic carbocycles. The minimum absolute atomic E-state index is 0.552. The van der Waals surface area contributed by atoms with Crippen LogP contribution in [0.3, 0.4) is 0 Å². The number of carboxylic acid groups (broad SMARTS) is 1. The Kier molecular flexibility index (Phi) is 5.48. The molecular formula is C12H13Cl2NO2. The second-order valence-corrected chi connectivity index (χ2v) is 4.59. The molecule has 0 saturated heterocycles. The topological polar surface area (TPSA) is 40.5 Å². The van der Waals surface area contributed by atoms with E-state index in [-0.39, 0.29) is 0 Å². The highest BCUT2D eigenvalue weighted by molar-refractivity contribution is 6.34. The quantitative estimate of drug-likeness (QED) is 0.839. The van der Waals surface area contributed by atoms with E-state index in [2.05, 4.69) is 0 Å². The zero-order valence-corrected chi connectivity index (χ0v) is 10.9. The molecule has 0 spiro atoms. The Morgan fingerprint density at radius 1 is 1.35 bits per heavy atom. The number of nitrogens with zero attached hydrogens (tertiary/aromatic N) is 1. The summed E-state index contributed by atoms with van der Waals surface area (Å²) in [5.74, 6) is -0.941. The summed E-state index contributed by atoms with van der Waals surface area (Å²) >= 11 is 11.8. The van der Waals surface area contributed by atoms with Crippen LogP contribution in [0, 0.1) is 0 Å². The molecule has 0 radical (unpaired) electrons. The van der Waals surface area contributed by atoms with Gasteiger partial charge in [0.15, 0.2) is 0 Å². The number of benzene rings is 1. The number of rotatable bonds is 5. The number of aliphatic carboxylic acids is 1. The van der Waals surface area contributed by atoms with E-state index in [0.717, 1.165) is 11.6 Å². The first-order valence-corrected chi connectivity index (χ1v) is 5.76. The maximum absolute atomic E-state index is 10.3. The first-order chi connectivity index (χ1) is 7.97. The summed E-state index contributed by atoms with van der Waals surface area (Å²) in [6.45, 7) is 1.21. The molecule has 17 heavy (non-hydrogen) atoms. The van der Waals surface area contributed by atoms with E-state index in [9.17, 15) is 4.79 Å². The molecule has 5 heteroatoms. The fourth-order valence-electron chi connectivity index (χ4n) is 1.41. The highest BCUT2D eigenvalue weighted by atomic mass is 35.5. The predicted octanol–water partition coefficient (Wildman–Crippen LogP) is 3.07. The van der Waals surface area contributed by atoms with Crippen LogP contribution in [0.4, 0.5) is 0 Å². The van der Waals surface area contributed by atoms with E-state index in [0.29, 0.717) is 23.1 Å². The summed E-state index contributed by atoms with van der Waals surface area (Å²) in [7, 11) is 1.89. The molecule has 0 unspecified atom stereocenters. The lowest BCUT2D eigenvalue weighted by atomic mass is 10.2. The predicted molar refractivity (Wildman–Crippen MR) is 69.6 cm³/mol. The molecule has 1 aromatic carbocycles. The lowest BCUT2D eigenvalue weighted by Crippen LogP contribution is -2.17. The second-order valence-electron chi connectivity index (χ2n) is 3.72. The van der Waals surface area contributed by atoms with Gasteiger partial charge >= 0.3 is 5.97 Å². The molecule has 92 valence electrons. The molecule has 0 heterocycles. The van der Waals surface area contributed by atoms with Crippen LogP contribution < -0.4 is 0 Å². The van der Waals surface area contributed by atoms with Crippen molar-refractivity contribution in [2.24, 2.45) is 0 Å². The Labute approximate surface area is 110 Å². The summed E-state index contributed by atoms with van der Waals surface area (Å²) in [6.07, 6.45) is 2.72. The molecule has 0 saturated carbocycles. The fourth-order valence-corrected chi connectivity index (χ4v) is 1.98. The van der Waals surface area contributed by atoms with Gasteiger partial charge in [-0.2, -0.15) is 0 Å². The van der Waals surface area contributed by atoms with Crippen LogP contribution in [0.25, 0.3) is 0 Å². The summed E-state index contributed by atoms with van der Waals surface area (Å²) in [5.41, 5.74) is 0.994. The molecule has 0 fully saturated rings. The average Bonchev–Trinajstić information content (AvgIpc) is 2.14. The smallest absolute Gasteiger partial charge is 0.328 e. The maximum Gasteiger partial charge on any atom is 0.328 e. The monoisotopic (exact) mass is 273 g/mol. The Morgan fingerprint density at radius 3 is 2.47 bits per heavy atom. The number of carboxylic acids is 1. The lowest BCUT2D eigenvalue weighted by molar-refractivity contribution is -0.131. The minimum Gasteiger partial charge on any atom is -0.478 e. The third-order valence-corrected chi connectivity index (χ3v) is 2.49. The SMILES string of the molecule is CN(CC=CC(=O)O)Cc1cc(Cl)cc(Cl)c1. The molecule has 0 atom stereocenters. The van der Waals surface area contributed by atoms with Crippen LogP contribution in [0.15, 0.2) is 30.4 Å². The van der Waals surface area contributed by atoms with Gasteiger partial charge in [0.05, 0.1) is 0 Å². The Bertz CT molecular complexity index is 412. The van der Waals surface area contributed by atoms with E-state index >= 15 is 0 Å². The number of hydrogen-bond donors (Lipinski definition) is 1. The van der Waals surface area contributed by atoms with E-state index in [4.69, 9.17) is 28.3 Å². The third-order valence-electron chi connectivity index (χ3n) is 2.05. The van der Waals surface area contributed by atoms with E-state index in [1.165, 1.54) is 0 Å². The molecule has 3 nitrogen and oxygen atoms in total. The van der Waals surface area contributed by atoms with Crippen LogP contribution in [0.5, 0.6) is 0 Å². The van der Waals surface area contributed by atoms with E-state index < -0.39 is 5.97 Å². The normalized spacial score (nSPS) is 11.3. The molecule has 1 rings (SSSR count). The summed E-state index contributed by atoms with van der Waals surface area (Å²) in [6, 6.07) is 5.35. The van der Waals surface area contributed by atoms with Gasteiger partial charge in [-0.25, -0.2) is 4.79 Å². The van der Waals surface area contributed by atoms with Crippen molar-refractivity contribution in [1.29, 1.82) is 0 Å². The van der Waals surface area contributed by atoms with Crippen LogP contribution >= 0.6 is 23.2 Å². The maximum atomic E-state index is 10.3. The van der Waals surface area contributed by atoms with Crippen molar-refractivity contribution < 1.29 is 9.90 Å². The van der Waals surface area contributed by atoms with E-state index in [1.54, 1.807) is 12.1 Å². The van der Waals surface area contributed by atoms with Crippen molar-refractivity contribution in [3.63, 3.8) is 0 Å².